The molecular formula is C23H20Cl2F2N4O7S. The molecule has 0 bridgehead atoms. The Hall–Kier alpha value is -3.33. The van der Waals surface area contributed by atoms with Crippen molar-refractivity contribution in [2.75, 3.05) is 7.11 Å². The van der Waals surface area contributed by atoms with Crippen molar-refractivity contribution >= 4 is 39.0 Å². The molecule has 16 heteroatoms. The fourth-order valence-electron chi connectivity index (χ4n) is 3.76. The van der Waals surface area contributed by atoms with Crippen LogP contribution in [-0.2, 0) is 14.8 Å². The van der Waals surface area contributed by atoms with E-state index in [4.69, 9.17) is 32.7 Å². The van der Waals surface area contributed by atoms with Gasteiger partial charge in [0.15, 0.2) is 17.2 Å². The fourth-order valence-corrected chi connectivity index (χ4v) is 5.94. The van der Waals surface area contributed by atoms with E-state index in [9.17, 15) is 31.6 Å². The van der Waals surface area contributed by atoms with Crippen molar-refractivity contribution < 1.29 is 31.5 Å². The number of nitrogens with zero attached hydrogens (tertiary/aromatic N) is 2. The van der Waals surface area contributed by atoms with Crippen LogP contribution in [-0.4, -0.2) is 41.6 Å². The molecule has 0 atom stereocenters. The highest BCUT2D eigenvalue weighted by molar-refractivity contribution is 7.89. The van der Waals surface area contributed by atoms with E-state index in [2.05, 4.69) is 9.82 Å². The van der Waals surface area contributed by atoms with E-state index in [0.717, 1.165) is 18.2 Å². The first-order valence-corrected chi connectivity index (χ1v) is 13.5. The minimum atomic E-state index is -4.23. The summed E-state index contributed by atoms with van der Waals surface area (Å²) in [4.78, 5) is 37.4. The third-order valence-electron chi connectivity index (χ3n) is 5.87. The number of methoxy groups -OCH3 is 1. The van der Waals surface area contributed by atoms with Gasteiger partial charge in [-0.25, -0.2) is 22.0 Å². The minimum absolute atomic E-state index is 0.0134. The van der Waals surface area contributed by atoms with Gasteiger partial charge < -0.3 is 9.47 Å². The number of rotatable bonds is 10. The number of benzene rings is 2. The molecule has 1 aliphatic carbocycles. The number of aromatic amines is 1. The maximum atomic E-state index is 13.2. The van der Waals surface area contributed by atoms with Crippen LogP contribution in [0.2, 0.25) is 10.0 Å². The SMILES string of the molecule is CCC(=O)C1(NS(=O)(=O)c2cc(Oc3c(Cl)cc(-n4nc(C(F)F)c(=O)[nH]c4=O)cc3Cl)ccc2OC)CC1. The average molecular weight is 605 g/mol. The summed E-state index contributed by atoms with van der Waals surface area (Å²) in [5, 5.41) is 3.00. The Morgan fingerprint density at radius 2 is 1.85 bits per heavy atom. The van der Waals surface area contributed by atoms with Gasteiger partial charge in [0.05, 0.1) is 28.4 Å². The molecule has 1 fully saturated rings. The summed E-state index contributed by atoms with van der Waals surface area (Å²) in [5.41, 5.74) is -4.95. The first kappa shape index (κ1) is 28.7. The van der Waals surface area contributed by atoms with E-state index < -0.39 is 38.9 Å². The zero-order valence-electron chi connectivity index (χ0n) is 20.3. The third-order valence-corrected chi connectivity index (χ3v) is 7.99. The lowest BCUT2D eigenvalue weighted by Crippen LogP contribution is -2.42. The Balaban J connectivity index is 1.69. The summed E-state index contributed by atoms with van der Waals surface area (Å²) in [6.45, 7) is 1.64. The highest BCUT2D eigenvalue weighted by Crippen LogP contribution is 2.42. The number of hydrogen-bond donors (Lipinski definition) is 2. The second-order valence-electron chi connectivity index (χ2n) is 8.47. The van der Waals surface area contributed by atoms with Crippen molar-refractivity contribution in [3.05, 3.63) is 66.9 Å². The zero-order chi connectivity index (χ0) is 28.7. The smallest absolute Gasteiger partial charge is 0.349 e. The first-order valence-electron chi connectivity index (χ1n) is 11.3. The third kappa shape index (κ3) is 5.69. The van der Waals surface area contributed by atoms with Crippen LogP contribution in [0.3, 0.4) is 0 Å². The molecule has 3 aromatic rings. The maximum absolute atomic E-state index is 13.2. The summed E-state index contributed by atoms with van der Waals surface area (Å²) in [6.07, 6.45) is -2.33. The Morgan fingerprint density at radius 1 is 1.21 bits per heavy atom. The largest absolute Gasteiger partial charge is 0.495 e. The second-order valence-corrected chi connectivity index (χ2v) is 10.9. The predicted octanol–water partition coefficient (Wildman–Crippen LogP) is 3.76. The number of ketones is 1. The van der Waals surface area contributed by atoms with Crippen molar-refractivity contribution in [1.29, 1.82) is 0 Å². The molecule has 1 aromatic heterocycles. The molecule has 1 heterocycles. The van der Waals surface area contributed by atoms with Gasteiger partial charge in [0, 0.05) is 12.5 Å². The molecule has 39 heavy (non-hydrogen) atoms. The number of carbonyl (C=O) groups is 1. The van der Waals surface area contributed by atoms with Gasteiger partial charge in [-0.3, -0.25) is 14.6 Å². The van der Waals surface area contributed by atoms with Gasteiger partial charge >= 0.3 is 5.69 Å². The predicted molar refractivity (Wildman–Crippen MR) is 136 cm³/mol. The van der Waals surface area contributed by atoms with Crippen LogP contribution in [0.25, 0.3) is 5.69 Å². The molecule has 2 N–H and O–H groups in total. The summed E-state index contributed by atoms with van der Waals surface area (Å²) in [7, 11) is -2.95. The number of nitrogens with one attached hydrogen (secondary N) is 2. The molecule has 11 nitrogen and oxygen atoms in total. The lowest BCUT2D eigenvalue weighted by Gasteiger charge is -2.18. The van der Waals surface area contributed by atoms with E-state index in [-0.39, 0.29) is 50.1 Å². The summed E-state index contributed by atoms with van der Waals surface area (Å²) in [5.74, 6) is -0.429. The summed E-state index contributed by atoms with van der Waals surface area (Å²) in [6, 6.07) is 6.11. The molecule has 2 aromatic carbocycles. The maximum Gasteiger partial charge on any atom is 0.349 e. The molecule has 0 spiro atoms. The number of aromatic nitrogens is 3. The number of ether oxygens (including phenoxy) is 2. The van der Waals surface area contributed by atoms with Gasteiger partial charge in [-0.2, -0.15) is 14.5 Å². The Kier molecular flexibility index (Phi) is 7.85. The first-order chi connectivity index (χ1) is 18.3. The van der Waals surface area contributed by atoms with Gasteiger partial charge in [0.1, 0.15) is 16.4 Å². The Bertz CT molecular complexity index is 1670. The fraction of sp³-hybridized carbons (Fsp3) is 0.304. The molecule has 0 aliphatic heterocycles. The van der Waals surface area contributed by atoms with Crippen LogP contribution in [0.15, 0.2) is 44.8 Å². The van der Waals surface area contributed by atoms with E-state index >= 15 is 0 Å². The molecule has 1 saturated carbocycles. The highest BCUT2D eigenvalue weighted by Gasteiger charge is 2.51. The van der Waals surface area contributed by atoms with Crippen LogP contribution in [0, 0.1) is 0 Å². The molecule has 0 radical (unpaired) electrons. The van der Waals surface area contributed by atoms with E-state index in [1.165, 1.54) is 19.2 Å². The van der Waals surface area contributed by atoms with Crippen molar-refractivity contribution in [3.63, 3.8) is 0 Å². The number of sulfonamides is 1. The van der Waals surface area contributed by atoms with Crippen molar-refractivity contribution in [3.8, 4) is 22.9 Å². The van der Waals surface area contributed by atoms with Gasteiger partial charge in [0.2, 0.25) is 10.0 Å². The normalized spacial score (nSPS) is 14.3. The number of hydrogen-bond acceptors (Lipinski definition) is 8. The van der Waals surface area contributed by atoms with Gasteiger partial charge in [-0.05, 0) is 37.1 Å². The molecule has 1 aliphatic rings. The minimum Gasteiger partial charge on any atom is -0.495 e. The summed E-state index contributed by atoms with van der Waals surface area (Å²) < 4.78 is 66.4. The van der Waals surface area contributed by atoms with Gasteiger partial charge in [-0.15, -0.1) is 0 Å². The number of carbonyl (C=O) groups excluding carboxylic acids is 1. The topological polar surface area (TPSA) is 149 Å². The van der Waals surface area contributed by atoms with Crippen LogP contribution in [0.1, 0.15) is 38.3 Å². The molecule has 0 unspecified atom stereocenters. The number of halogens is 4. The van der Waals surface area contributed by atoms with Crippen LogP contribution >= 0.6 is 23.2 Å². The van der Waals surface area contributed by atoms with Crippen LogP contribution < -0.4 is 25.4 Å². The Morgan fingerprint density at radius 3 is 2.38 bits per heavy atom. The van der Waals surface area contributed by atoms with E-state index in [1.807, 2.05) is 0 Å². The lowest BCUT2D eigenvalue weighted by atomic mass is 10.1. The van der Waals surface area contributed by atoms with Crippen LogP contribution in [0.4, 0.5) is 8.78 Å². The van der Waals surface area contributed by atoms with E-state index in [0.29, 0.717) is 17.5 Å². The van der Waals surface area contributed by atoms with E-state index in [1.54, 1.807) is 11.9 Å². The Labute approximate surface area is 229 Å². The molecule has 0 saturated heterocycles. The molecule has 208 valence electrons. The standard InChI is InChI=1S/C23H20Cl2F2N4O7S/c1-3-17(32)23(6-7-23)30-39(35,36)16-10-12(4-5-15(16)37-2)38-19-13(24)8-11(9-14(19)25)31-22(34)28-21(33)18(29-31)20(26)27/h4-5,8-10,20,30H,3,6-7H2,1-2H3,(H,28,33,34). The number of H-pyrrole nitrogens is 1. The quantitative estimate of drug-likeness (QED) is 0.355. The average Bonchev–Trinajstić information content (AvgIpc) is 3.65. The zero-order valence-corrected chi connectivity index (χ0v) is 22.6. The van der Waals surface area contributed by atoms with Gasteiger partial charge in [0.25, 0.3) is 12.0 Å². The van der Waals surface area contributed by atoms with Crippen LogP contribution in [0.5, 0.6) is 17.2 Å². The molecule has 4 rings (SSSR count). The highest BCUT2D eigenvalue weighted by atomic mass is 35.5. The van der Waals surface area contributed by atoms with Crippen molar-refractivity contribution in [2.24, 2.45) is 0 Å². The number of Topliss-reactive ketones (excluding diaryl/α,β-unsaturated/α-hetero) is 1. The van der Waals surface area contributed by atoms with Crippen molar-refractivity contribution in [2.45, 2.75) is 43.0 Å². The lowest BCUT2D eigenvalue weighted by molar-refractivity contribution is -0.121. The summed E-state index contributed by atoms with van der Waals surface area (Å²) >= 11 is 12.6. The van der Waals surface area contributed by atoms with Crippen molar-refractivity contribution in [1.82, 2.24) is 19.5 Å². The number of alkyl halides is 2. The molecular weight excluding hydrogens is 585 g/mol. The monoisotopic (exact) mass is 604 g/mol. The molecule has 0 amide bonds. The second kappa shape index (κ2) is 10.7. The van der Waals surface area contributed by atoms with Gasteiger partial charge in [-0.1, -0.05) is 30.1 Å².